The number of aromatic nitrogens is 2. The molecule has 0 radical (unpaired) electrons. The number of nitrogen functional groups attached to an aromatic ring is 2. The summed E-state index contributed by atoms with van der Waals surface area (Å²) in [4.78, 5) is 35.0. The van der Waals surface area contributed by atoms with Gasteiger partial charge in [0.25, 0.3) is 5.91 Å². The van der Waals surface area contributed by atoms with Gasteiger partial charge < -0.3 is 21.7 Å². The summed E-state index contributed by atoms with van der Waals surface area (Å²) in [6, 6.07) is 3.75. The van der Waals surface area contributed by atoms with Crippen LogP contribution in [0.25, 0.3) is 0 Å². The highest BCUT2D eigenvalue weighted by Gasteiger charge is 2.37. The van der Waals surface area contributed by atoms with Crippen molar-refractivity contribution < 1.29 is 9.59 Å². The fraction of sp³-hybridized carbons (Fsp3) is 0.659. The number of carbonyl (C=O) groups is 2. The number of Topliss-reactive ketones (excluding diaryl/α,β-unsaturated/α-hetero) is 1. The summed E-state index contributed by atoms with van der Waals surface area (Å²) in [6.45, 7) is 41.1. The van der Waals surface area contributed by atoms with Crippen molar-refractivity contribution in [1.82, 2.24) is 20.2 Å². The van der Waals surface area contributed by atoms with E-state index < -0.39 is 0 Å². The molecule has 0 atom stereocenters. The van der Waals surface area contributed by atoms with Gasteiger partial charge in [0.1, 0.15) is 5.69 Å². The highest BCUT2D eigenvalue weighted by Crippen LogP contribution is 2.30. The van der Waals surface area contributed by atoms with Crippen molar-refractivity contribution in [3.8, 4) is 0 Å². The first-order valence-electron chi connectivity index (χ1n) is 17.9. The molecule has 0 aliphatic carbocycles. The number of carbonyl (C=O) groups excluding carboxylic acids is 2. The van der Waals surface area contributed by atoms with Crippen LogP contribution in [0.5, 0.6) is 0 Å². The highest BCUT2D eigenvalue weighted by atomic mass is 16.2. The second-order valence-electron chi connectivity index (χ2n) is 18.6. The zero-order valence-corrected chi connectivity index (χ0v) is 35.8. The summed E-state index contributed by atoms with van der Waals surface area (Å²) in [5.41, 5.74) is 17.4. The first-order chi connectivity index (χ1) is 22.7. The van der Waals surface area contributed by atoms with Gasteiger partial charge in [-0.15, -0.1) is 0 Å². The van der Waals surface area contributed by atoms with Crippen molar-refractivity contribution in [2.45, 2.75) is 178 Å². The molecule has 3 rings (SSSR count). The quantitative estimate of drug-likeness (QED) is 0.269. The average Bonchev–Trinajstić information content (AvgIpc) is 3.47. The number of nitrogens with two attached hydrogens (primary N) is 2. The van der Waals surface area contributed by atoms with Crippen LogP contribution in [0.4, 0.5) is 11.4 Å². The lowest BCUT2D eigenvalue weighted by molar-refractivity contribution is 0.0265. The third-order valence-electron chi connectivity index (χ3n) is 7.23. The second-order valence-corrected chi connectivity index (χ2v) is 18.6. The lowest BCUT2D eigenvalue weighted by Gasteiger charge is -2.45. The maximum atomic E-state index is 13.1. The van der Waals surface area contributed by atoms with E-state index in [2.05, 4.69) is 102 Å². The molecular formula is C41H72N8O2. The largest absolute Gasteiger partial charge is 0.397 e. The maximum Gasteiger partial charge on any atom is 0.275 e. The standard InChI is InChI=1S/C18H31N3O.C12H18N2O.C8H19N.C3H4N2/c1-11(2)13-10-14(19)15(20-12(13)3)16(22)21(17(4,5)6)18(7,8)9;1-7-9(12(3,4)5)6-10(13)11(14-7)8(2)15;1-7(2,3)9-8(4,5)6;1-2-4-5-3-1/h10-11H,19H2,1-9H3;6H,13H2,1-5H3;9H,1-6H3;2-3H,1H2. The molecule has 0 spiro atoms. The molecule has 0 bridgehead atoms. The number of pyridine rings is 2. The Bertz CT molecular complexity index is 1490. The zero-order chi connectivity index (χ0) is 40.5. The van der Waals surface area contributed by atoms with Gasteiger partial charge in [-0.3, -0.25) is 9.59 Å². The Morgan fingerprint density at radius 3 is 1.41 bits per heavy atom. The second kappa shape index (κ2) is 18.2. The van der Waals surface area contributed by atoms with Crippen LogP contribution in [0, 0.1) is 13.8 Å². The van der Waals surface area contributed by atoms with Crippen LogP contribution in [0.3, 0.4) is 0 Å². The molecule has 2 aromatic rings. The molecule has 0 saturated heterocycles. The highest BCUT2D eigenvalue weighted by molar-refractivity contribution is 5.98. The number of amides is 1. The summed E-state index contributed by atoms with van der Waals surface area (Å²) < 4.78 is 0. The normalized spacial score (nSPS) is 13.0. The van der Waals surface area contributed by atoms with E-state index in [4.69, 9.17) is 11.5 Å². The van der Waals surface area contributed by atoms with E-state index in [0.717, 1.165) is 28.9 Å². The number of hydrogen-bond donors (Lipinski definition) is 3. The van der Waals surface area contributed by atoms with Gasteiger partial charge in [-0.25, -0.2) is 9.97 Å². The lowest BCUT2D eigenvalue weighted by Crippen LogP contribution is -2.56. The molecule has 10 heteroatoms. The van der Waals surface area contributed by atoms with Gasteiger partial charge >= 0.3 is 0 Å². The fourth-order valence-electron chi connectivity index (χ4n) is 6.14. The van der Waals surface area contributed by atoms with Crippen molar-refractivity contribution >= 4 is 35.5 Å². The zero-order valence-electron chi connectivity index (χ0n) is 35.8. The van der Waals surface area contributed by atoms with Crippen LogP contribution in [0.2, 0.25) is 0 Å². The molecule has 51 heavy (non-hydrogen) atoms. The first kappa shape index (κ1) is 47.3. The molecule has 2 aromatic heterocycles. The van der Waals surface area contributed by atoms with Crippen LogP contribution < -0.4 is 16.8 Å². The van der Waals surface area contributed by atoms with Crippen molar-refractivity contribution in [3.63, 3.8) is 0 Å². The fourth-order valence-corrected chi connectivity index (χ4v) is 6.14. The first-order valence-corrected chi connectivity index (χ1v) is 17.9. The van der Waals surface area contributed by atoms with Gasteiger partial charge in [-0.05, 0) is 132 Å². The van der Waals surface area contributed by atoms with Gasteiger partial charge in [0.15, 0.2) is 11.5 Å². The number of nitrogens with zero attached hydrogens (tertiary/aromatic N) is 5. The van der Waals surface area contributed by atoms with Crippen molar-refractivity contribution in [1.29, 1.82) is 0 Å². The SMILES string of the molecule is C1=NN=CC1.CC(=O)c1nc(C)c(C(C)(C)C)cc1N.CC(C)(C)NC(C)(C)C.Cc1nc(C(=O)N(C(C)(C)C)C(C)(C)C)c(N)cc1C(C)C. The average molecular weight is 709 g/mol. The molecule has 288 valence electrons. The minimum absolute atomic E-state index is 0.000518. The topological polar surface area (TPSA) is 152 Å². The molecule has 0 fully saturated rings. The number of ketones is 1. The summed E-state index contributed by atoms with van der Waals surface area (Å²) in [7, 11) is 0. The van der Waals surface area contributed by atoms with Gasteiger partial charge in [0.05, 0.1) is 11.4 Å². The Labute approximate surface area is 310 Å². The number of nitrogens with one attached hydrogen (secondary N) is 1. The summed E-state index contributed by atoms with van der Waals surface area (Å²) in [6.07, 6.45) is 4.44. The summed E-state index contributed by atoms with van der Waals surface area (Å²) >= 11 is 0. The van der Waals surface area contributed by atoms with Crippen molar-refractivity contribution in [2.75, 3.05) is 11.5 Å². The molecule has 10 nitrogen and oxygen atoms in total. The van der Waals surface area contributed by atoms with E-state index in [1.807, 2.05) is 72.4 Å². The maximum absolute atomic E-state index is 13.1. The lowest BCUT2D eigenvalue weighted by atomic mass is 9.85. The van der Waals surface area contributed by atoms with Crippen LogP contribution in [-0.4, -0.2) is 61.1 Å². The molecule has 0 saturated carbocycles. The van der Waals surface area contributed by atoms with Gasteiger partial charge in [-0.1, -0.05) is 34.6 Å². The monoisotopic (exact) mass is 709 g/mol. The predicted molar refractivity (Wildman–Crippen MR) is 219 cm³/mol. The summed E-state index contributed by atoms with van der Waals surface area (Å²) in [5.74, 6) is 0.132. The van der Waals surface area contributed by atoms with E-state index in [0.29, 0.717) is 28.7 Å². The van der Waals surface area contributed by atoms with Crippen LogP contribution >= 0.6 is 0 Å². The third kappa shape index (κ3) is 16.9. The Balaban J connectivity index is 0.000000737. The Morgan fingerprint density at radius 1 is 0.706 bits per heavy atom. The van der Waals surface area contributed by atoms with Crippen LogP contribution in [0.15, 0.2) is 22.3 Å². The summed E-state index contributed by atoms with van der Waals surface area (Å²) in [5, 5.41) is 10.5. The molecule has 1 aliphatic rings. The third-order valence-corrected chi connectivity index (χ3v) is 7.23. The molecule has 0 aromatic carbocycles. The van der Waals surface area contributed by atoms with E-state index >= 15 is 0 Å². The number of rotatable bonds is 3. The van der Waals surface area contributed by atoms with Crippen LogP contribution in [0.1, 0.15) is 180 Å². The van der Waals surface area contributed by atoms with Crippen LogP contribution in [-0.2, 0) is 5.41 Å². The Morgan fingerprint density at radius 2 is 1.12 bits per heavy atom. The Kier molecular flexibility index (Phi) is 16.9. The van der Waals surface area contributed by atoms with Gasteiger partial charge in [0, 0.05) is 59.3 Å². The minimum Gasteiger partial charge on any atom is -0.397 e. The molecule has 1 aliphatic heterocycles. The molecule has 0 unspecified atom stereocenters. The Hall–Kier alpha value is -3.66. The van der Waals surface area contributed by atoms with Gasteiger partial charge in [0.2, 0.25) is 0 Å². The van der Waals surface area contributed by atoms with E-state index in [-0.39, 0.29) is 39.3 Å². The van der Waals surface area contributed by atoms with Crippen molar-refractivity contribution in [2.24, 2.45) is 10.2 Å². The van der Waals surface area contributed by atoms with E-state index in [1.165, 1.54) is 6.92 Å². The molecule has 5 N–H and O–H groups in total. The molecular weight excluding hydrogens is 637 g/mol. The number of anilines is 2. The molecule has 1 amide bonds. The number of hydrogen-bond acceptors (Lipinski definition) is 9. The van der Waals surface area contributed by atoms with Gasteiger partial charge in [-0.2, -0.15) is 10.2 Å². The minimum atomic E-state index is -0.311. The van der Waals surface area contributed by atoms with E-state index in [1.54, 1.807) is 12.4 Å². The smallest absolute Gasteiger partial charge is 0.275 e. The molecule has 3 heterocycles. The van der Waals surface area contributed by atoms with E-state index in [9.17, 15) is 9.59 Å². The predicted octanol–water partition coefficient (Wildman–Crippen LogP) is 9.23. The number of aryl methyl sites for hydroxylation is 2. The van der Waals surface area contributed by atoms with Crippen molar-refractivity contribution in [3.05, 3.63) is 46.0 Å².